The molecule has 0 spiro atoms. The van der Waals surface area contributed by atoms with Gasteiger partial charge in [-0.25, -0.2) is 4.98 Å². The largest absolute Gasteiger partial charge is 0.474 e. The van der Waals surface area contributed by atoms with Crippen LogP contribution in [0.15, 0.2) is 30.5 Å². The first-order valence-corrected chi connectivity index (χ1v) is 8.53. The van der Waals surface area contributed by atoms with Gasteiger partial charge in [0.15, 0.2) is 0 Å². The summed E-state index contributed by atoms with van der Waals surface area (Å²) >= 11 is 0. The minimum absolute atomic E-state index is 0.0990. The maximum Gasteiger partial charge on any atom is 0.272 e. The second kappa shape index (κ2) is 5.92. The van der Waals surface area contributed by atoms with Crippen LogP contribution in [0.3, 0.4) is 0 Å². The van der Waals surface area contributed by atoms with E-state index < -0.39 is 0 Å². The molecule has 2 aromatic heterocycles. The van der Waals surface area contributed by atoms with Crippen molar-refractivity contribution >= 4 is 5.91 Å². The molecule has 6 nitrogen and oxygen atoms in total. The van der Waals surface area contributed by atoms with Gasteiger partial charge in [-0.2, -0.15) is 5.10 Å². The minimum Gasteiger partial charge on any atom is -0.474 e. The summed E-state index contributed by atoms with van der Waals surface area (Å²) < 4.78 is 7.72. The number of hydrogen-bond donors (Lipinski definition) is 0. The zero-order valence-corrected chi connectivity index (χ0v) is 14.1. The van der Waals surface area contributed by atoms with Gasteiger partial charge in [-0.05, 0) is 31.9 Å². The molecule has 2 bridgehead atoms. The lowest BCUT2D eigenvalue weighted by molar-refractivity contribution is 0.0339. The van der Waals surface area contributed by atoms with Gasteiger partial charge in [0.2, 0.25) is 5.88 Å². The average Bonchev–Trinajstić information content (AvgIpc) is 3.04. The number of carbonyl (C=O) groups excluding carboxylic acids is 1. The quantitative estimate of drug-likeness (QED) is 0.868. The highest BCUT2D eigenvalue weighted by Gasteiger charge is 2.44. The van der Waals surface area contributed by atoms with E-state index in [1.165, 1.54) is 0 Å². The Morgan fingerprint density at radius 1 is 1.25 bits per heavy atom. The number of piperidine rings is 1. The third-order valence-electron chi connectivity index (χ3n) is 5.07. The van der Waals surface area contributed by atoms with Crippen LogP contribution in [-0.4, -0.2) is 43.8 Å². The molecular formula is C18H22N4O2. The van der Waals surface area contributed by atoms with E-state index in [-0.39, 0.29) is 24.1 Å². The van der Waals surface area contributed by atoms with Gasteiger partial charge in [0.25, 0.3) is 5.91 Å². The molecule has 2 fully saturated rings. The zero-order valence-electron chi connectivity index (χ0n) is 14.1. The van der Waals surface area contributed by atoms with Crippen LogP contribution in [0.2, 0.25) is 0 Å². The van der Waals surface area contributed by atoms with Crippen LogP contribution in [0.5, 0.6) is 5.88 Å². The Balaban J connectivity index is 1.49. The van der Waals surface area contributed by atoms with E-state index in [1.54, 1.807) is 10.9 Å². The summed E-state index contributed by atoms with van der Waals surface area (Å²) in [6.45, 7) is 1.92. The van der Waals surface area contributed by atoms with Crippen molar-refractivity contribution in [2.24, 2.45) is 7.05 Å². The lowest BCUT2D eigenvalue weighted by Gasteiger charge is -2.38. The van der Waals surface area contributed by atoms with Crippen LogP contribution in [0.4, 0.5) is 0 Å². The Morgan fingerprint density at radius 2 is 2.00 bits per heavy atom. The molecule has 2 saturated heterocycles. The predicted molar refractivity (Wildman–Crippen MR) is 88.8 cm³/mol. The molecule has 4 rings (SSSR count). The first-order valence-electron chi connectivity index (χ1n) is 8.53. The molecule has 6 heteroatoms. The Kier molecular flexibility index (Phi) is 3.75. The summed E-state index contributed by atoms with van der Waals surface area (Å²) in [6, 6.07) is 8.07. The third kappa shape index (κ3) is 2.66. The summed E-state index contributed by atoms with van der Waals surface area (Å²) in [7, 11) is 1.83. The summed E-state index contributed by atoms with van der Waals surface area (Å²) in [5.41, 5.74) is 1.55. The zero-order chi connectivity index (χ0) is 16.7. The maximum absolute atomic E-state index is 13.0. The van der Waals surface area contributed by atoms with E-state index in [0.29, 0.717) is 11.6 Å². The van der Waals surface area contributed by atoms with E-state index in [4.69, 9.17) is 4.74 Å². The van der Waals surface area contributed by atoms with Crippen LogP contribution in [-0.2, 0) is 7.05 Å². The van der Waals surface area contributed by atoms with Crippen molar-refractivity contribution in [3.8, 4) is 5.88 Å². The molecule has 24 heavy (non-hydrogen) atoms. The van der Waals surface area contributed by atoms with Crippen molar-refractivity contribution < 1.29 is 9.53 Å². The fourth-order valence-corrected chi connectivity index (χ4v) is 4.09. The van der Waals surface area contributed by atoms with Crippen LogP contribution in [0, 0.1) is 6.92 Å². The first-order chi connectivity index (χ1) is 11.6. The molecular weight excluding hydrogens is 304 g/mol. The number of pyridine rings is 1. The summed E-state index contributed by atoms with van der Waals surface area (Å²) in [5.74, 6) is 0.769. The smallest absolute Gasteiger partial charge is 0.272 e. The summed E-state index contributed by atoms with van der Waals surface area (Å²) in [6.07, 6.45) is 5.72. The van der Waals surface area contributed by atoms with Gasteiger partial charge >= 0.3 is 0 Å². The van der Waals surface area contributed by atoms with Crippen molar-refractivity contribution in [3.05, 3.63) is 41.9 Å². The van der Waals surface area contributed by atoms with Gasteiger partial charge in [-0.3, -0.25) is 9.48 Å². The van der Waals surface area contributed by atoms with E-state index in [2.05, 4.69) is 15.0 Å². The Labute approximate surface area is 141 Å². The van der Waals surface area contributed by atoms with Crippen molar-refractivity contribution in [2.75, 3.05) is 0 Å². The lowest BCUT2D eigenvalue weighted by Crippen LogP contribution is -2.49. The van der Waals surface area contributed by atoms with Crippen molar-refractivity contribution in [2.45, 2.75) is 50.8 Å². The van der Waals surface area contributed by atoms with E-state index in [9.17, 15) is 4.79 Å². The topological polar surface area (TPSA) is 60.3 Å². The lowest BCUT2D eigenvalue weighted by atomic mass is 9.99. The second-order valence-electron chi connectivity index (χ2n) is 6.77. The summed E-state index contributed by atoms with van der Waals surface area (Å²) in [4.78, 5) is 19.3. The van der Waals surface area contributed by atoms with E-state index in [0.717, 1.165) is 31.4 Å². The number of fused-ring (bicyclic) bond motifs is 2. The molecule has 2 aliphatic heterocycles. The first kappa shape index (κ1) is 15.2. The van der Waals surface area contributed by atoms with E-state index >= 15 is 0 Å². The highest BCUT2D eigenvalue weighted by molar-refractivity contribution is 5.93. The molecule has 2 aromatic rings. The highest BCUT2D eigenvalue weighted by Crippen LogP contribution is 2.38. The number of hydrogen-bond acceptors (Lipinski definition) is 4. The van der Waals surface area contributed by atoms with Crippen molar-refractivity contribution in [3.63, 3.8) is 0 Å². The third-order valence-corrected chi connectivity index (χ3v) is 5.07. The minimum atomic E-state index is 0.0990. The monoisotopic (exact) mass is 326 g/mol. The van der Waals surface area contributed by atoms with Crippen LogP contribution in [0.25, 0.3) is 0 Å². The maximum atomic E-state index is 13.0. The molecule has 126 valence electrons. The van der Waals surface area contributed by atoms with Gasteiger partial charge < -0.3 is 9.64 Å². The molecule has 4 heterocycles. The fourth-order valence-electron chi connectivity index (χ4n) is 4.09. The SMILES string of the molecule is Cc1cc(C(=O)N2C3CCC2CC(Oc2ccccn2)C3)n(C)n1. The molecule has 0 radical (unpaired) electrons. The van der Waals surface area contributed by atoms with Gasteiger partial charge in [0, 0.05) is 44.2 Å². The van der Waals surface area contributed by atoms with Crippen LogP contribution < -0.4 is 4.74 Å². The molecule has 1 amide bonds. The number of rotatable bonds is 3. The Morgan fingerprint density at radius 3 is 2.58 bits per heavy atom. The van der Waals surface area contributed by atoms with Crippen LogP contribution in [0.1, 0.15) is 41.9 Å². The molecule has 0 aromatic carbocycles. The Bertz CT molecular complexity index is 729. The second-order valence-corrected chi connectivity index (χ2v) is 6.77. The molecule has 0 aliphatic carbocycles. The number of ether oxygens (including phenoxy) is 1. The number of aryl methyl sites for hydroxylation is 2. The molecule has 2 aliphatic rings. The predicted octanol–water partition coefficient (Wildman–Crippen LogP) is 2.34. The number of carbonyl (C=O) groups is 1. The van der Waals surface area contributed by atoms with Gasteiger partial charge in [-0.1, -0.05) is 6.07 Å². The summed E-state index contributed by atoms with van der Waals surface area (Å²) in [5, 5.41) is 4.30. The molecule has 2 atom stereocenters. The fraction of sp³-hybridized carbons (Fsp3) is 0.500. The van der Waals surface area contributed by atoms with Gasteiger partial charge in [0.1, 0.15) is 11.8 Å². The molecule has 0 N–H and O–H groups in total. The van der Waals surface area contributed by atoms with E-state index in [1.807, 2.05) is 38.2 Å². The molecule has 2 unspecified atom stereocenters. The molecule has 0 saturated carbocycles. The van der Waals surface area contributed by atoms with Crippen LogP contribution >= 0.6 is 0 Å². The van der Waals surface area contributed by atoms with Crippen molar-refractivity contribution in [1.82, 2.24) is 19.7 Å². The number of nitrogens with zero attached hydrogens (tertiary/aromatic N) is 4. The normalized spacial score (nSPS) is 25.8. The number of amides is 1. The van der Waals surface area contributed by atoms with Crippen molar-refractivity contribution in [1.29, 1.82) is 0 Å². The van der Waals surface area contributed by atoms with Gasteiger partial charge in [0.05, 0.1) is 5.69 Å². The van der Waals surface area contributed by atoms with Gasteiger partial charge in [-0.15, -0.1) is 0 Å². The standard InChI is InChI=1S/C18H22N4O2/c1-12-9-16(21(2)20-12)18(23)22-13-6-7-14(22)11-15(10-13)24-17-5-3-4-8-19-17/h3-5,8-9,13-15H,6-7,10-11H2,1-2H3. The Hall–Kier alpha value is -2.37. The average molecular weight is 326 g/mol. The highest BCUT2D eigenvalue weighted by atomic mass is 16.5. The number of aromatic nitrogens is 3.